The summed E-state index contributed by atoms with van der Waals surface area (Å²) in [7, 11) is -2.55. The van der Waals surface area contributed by atoms with Crippen molar-refractivity contribution in [2.75, 3.05) is 38.2 Å². The average molecular weight is 416 g/mol. The lowest BCUT2D eigenvalue weighted by molar-refractivity contribution is -0.275. The lowest BCUT2D eigenvalue weighted by atomic mass is 10.2. The molecule has 152 valence electrons. The van der Waals surface area contributed by atoms with E-state index in [0.29, 0.717) is 18.8 Å². The molecule has 0 spiro atoms. The Bertz CT molecular complexity index is 909. The Morgan fingerprint density at radius 2 is 1.54 bits per heavy atom. The van der Waals surface area contributed by atoms with Gasteiger partial charge in [-0.15, -0.1) is 13.2 Å². The summed E-state index contributed by atoms with van der Waals surface area (Å²) in [6.45, 7) is 1.12. The Morgan fingerprint density at radius 1 is 0.929 bits per heavy atom. The number of rotatable bonds is 5. The first kappa shape index (κ1) is 20.3. The van der Waals surface area contributed by atoms with Gasteiger partial charge in [0.1, 0.15) is 16.4 Å². The number of anilines is 1. The van der Waals surface area contributed by atoms with Crippen LogP contribution in [0, 0.1) is 0 Å². The summed E-state index contributed by atoms with van der Waals surface area (Å²) in [5.74, 6) is -0.0150. The van der Waals surface area contributed by atoms with Gasteiger partial charge in [-0.1, -0.05) is 12.1 Å². The van der Waals surface area contributed by atoms with E-state index in [2.05, 4.69) is 4.74 Å². The van der Waals surface area contributed by atoms with Crippen LogP contribution in [0.5, 0.6) is 11.5 Å². The van der Waals surface area contributed by atoms with Gasteiger partial charge in [0.15, 0.2) is 0 Å². The molecule has 1 fully saturated rings. The molecule has 6 nitrogen and oxygen atoms in total. The van der Waals surface area contributed by atoms with Gasteiger partial charge in [0, 0.05) is 31.9 Å². The van der Waals surface area contributed by atoms with Crippen molar-refractivity contribution < 1.29 is 31.1 Å². The molecule has 0 bridgehead atoms. The number of ether oxygens (including phenoxy) is 2. The number of para-hydroxylation sites is 1. The number of piperazine rings is 1. The minimum absolute atomic E-state index is 0.148. The molecule has 1 saturated heterocycles. The molecule has 1 aliphatic rings. The maximum atomic E-state index is 12.9. The van der Waals surface area contributed by atoms with Gasteiger partial charge >= 0.3 is 6.36 Å². The Morgan fingerprint density at radius 3 is 2.11 bits per heavy atom. The fourth-order valence-electron chi connectivity index (χ4n) is 2.99. The second-order valence-electron chi connectivity index (χ2n) is 6.08. The molecule has 0 atom stereocenters. The van der Waals surface area contributed by atoms with Gasteiger partial charge in [-0.05, 0) is 36.4 Å². The molecular formula is C18H19F3N2O4S. The molecule has 0 N–H and O–H groups in total. The van der Waals surface area contributed by atoms with Gasteiger partial charge in [0.05, 0.1) is 7.11 Å². The van der Waals surface area contributed by atoms with E-state index in [1.165, 1.54) is 16.4 Å². The van der Waals surface area contributed by atoms with E-state index in [4.69, 9.17) is 4.74 Å². The van der Waals surface area contributed by atoms with Crippen LogP contribution < -0.4 is 14.4 Å². The van der Waals surface area contributed by atoms with Crippen molar-refractivity contribution in [3.05, 3.63) is 48.5 Å². The first-order chi connectivity index (χ1) is 13.2. The van der Waals surface area contributed by atoms with Gasteiger partial charge in [0.2, 0.25) is 10.0 Å². The largest absolute Gasteiger partial charge is 0.573 e. The predicted molar refractivity (Wildman–Crippen MR) is 97.1 cm³/mol. The van der Waals surface area contributed by atoms with Gasteiger partial charge in [-0.3, -0.25) is 0 Å². The van der Waals surface area contributed by atoms with Gasteiger partial charge in [0.25, 0.3) is 0 Å². The lowest BCUT2D eigenvalue weighted by Crippen LogP contribution is -2.48. The highest BCUT2D eigenvalue weighted by molar-refractivity contribution is 7.89. The normalized spacial score (nSPS) is 16.1. The van der Waals surface area contributed by atoms with Crippen LogP contribution in [-0.4, -0.2) is 52.4 Å². The summed E-state index contributed by atoms with van der Waals surface area (Å²) < 4.78 is 73.7. The van der Waals surface area contributed by atoms with Crippen LogP contribution >= 0.6 is 0 Å². The van der Waals surface area contributed by atoms with Gasteiger partial charge < -0.3 is 14.4 Å². The highest BCUT2D eigenvalue weighted by Crippen LogP contribution is 2.32. The smallest absolute Gasteiger partial charge is 0.497 e. The highest BCUT2D eigenvalue weighted by Gasteiger charge is 2.36. The van der Waals surface area contributed by atoms with Gasteiger partial charge in [-0.25, -0.2) is 8.42 Å². The zero-order valence-corrected chi connectivity index (χ0v) is 15.8. The van der Waals surface area contributed by atoms with E-state index in [0.717, 1.165) is 17.8 Å². The molecule has 0 aromatic heterocycles. The number of hydrogen-bond acceptors (Lipinski definition) is 5. The molecule has 3 rings (SSSR count). The van der Waals surface area contributed by atoms with Crippen molar-refractivity contribution in [2.24, 2.45) is 0 Å². The summed E-state index contributed by atoms with van der Waals surface area (Å²) in [6, 6.07) is 12.1. The third-order valence-electron chi connectivity index (χ3n) is 4.37. The molecular weight excluding hydrogens is 397 g/mol. The van der Waals surface area contributed by atoms with Crippen LogP contribution in [0.4, 0.5) is 18.9 Å². The van der Waals surface area contributed by atoms with Crippen LogP contribution in [0.1, 0.15) is 0 Å². The van der Waals surface area contributed by atoms with Crippen molar-refractivity contribution in [3.8, 4) is 11.5 Å². The van der Waals surface area contributed by atoms with Crippen molar-refractivity contribution >= 4 is 15.7 Å². The fourth-order valence-corrected chi connectivity index (χ4v) is 4.53. The molecule has 1 aliphatic heterocycles. The summed E-state index contributed by atoms with van der Waals surface area (Å²) in [4.78, 5) is 1.51. The minimum atomic E-state index is -4.97. The summed E-state index contributed by atoms with van der Waals surface area (Å²) >= 11 is 0. The number of halogens is 3. The zero-order chi connectivity index (χ0) is 20.4. The van der Waals surface area contributed by atoms with Crippen molar-refractivity contribution in [3.63, 3.8) is 0 Å². The molecule has 28 heavy (non-hydrogen) atoms. The van der Waals surface area contributed by atoms with Crippen LogP contribution in [0.25, 0.3) is 0 Å². The summed E-state index contributed by atoms with van der Waals surface area (Å²) in [6.07, 6.45) is -4.97. The Hall–Kier alpha value is -2.46. The van der Waals surface area contributed by atoms with Crippen LogP contribution in [0.3, 0.4) is 0 Å². The van der Waals surface area contributed by atoms with E-state index in [1.807, 2.05) is 29.2 Å². The van der Waals surface area contributed by atoms with Crippen LogP contribution in [-0.2, 0) is 10.0 Å². The zero-order valence-electron chi connectivity index (χ0n) is 15.0. The number of methoxy groups -OCH3 is 1. The second kappa shape index (κ2) is 7.88. The SMILES string of the molecule is COc1ccc(N2CCN(S(=O)(=O)c3ccccc3OC(F)(F)F)CC2)cc1. The predicted octanol–water partition coefficient (Wildman–Crippen LogP) is 3.10. The molecule has 10 heteroatoms. The van der Waals surface area contributed by atoms with Crippen LogP contribution in [0.15, 0.2) is 53.4 Å². The van der Waals surface area contributed by atoms with E-state index < -0.39 is 27.0 Å². The first-order valence-electron chi connectivity index (χ1n) is 8.44. The van der Waals surface area contributed by atoms with Crippen molar-refractivity contribution in [2.45, 2.75) is 11.3 Å². The van der Waals surface area contributed by atoms with Crippen molar-refractivity contribution in [1.29, 1.82) is 0 Å². The molecule has 2 aromatic rings. The monoisotopic (exact) mass is 416 g/mol. The second-order valence-corrected chi connectivity index (χ2v) is 7.99. The Labute approximate surface area is 161 Å². The maximum absolute atomic E-state index is 12.9. The number of sulfonamides is 1. The number of benzene rings is 2. The van der Waals surface area contributed by atoms with E-state index in [9.17, 15) is 21.6 Å². The topological polar surface area (TPSA) is 59.1 Å². The molecule has 2 aromatic carbocycles. The standard InChI is InChI=1S/C18H19F3N2O4S/c1-26-15-8-6-14(7-9-15)22-10-12-23(13-11-22)28(24,25)17-5-3-2-4-16(17)27-18(19,20)21/h2-9H,10-13H2,1H3. The number of alkyl halides is 3. The number of nitrogens with zero attached hydrogens (tertiary/aromatic N) is 2. The Balaban J connectivity index is 1.74. The number of hydrogen-bond donors (Lipinski definition) is 0. The third-order valence-corrected chi connectivity index (χ3v) is 6.31. The molecule has 0 amide bonds. The summed E-state index contributed by atoms with van der Waals surface area (Å²) in [5.41, 5.74) is 0.915. The molecule has 0 saturated carbocycles. The quantitative estimate of drug-likeness (QED) is 0.750. The van der Waals surface area contributed by atoms with Gasteiger partial charge in [-0.2, -0.15) is 4.31 Å². The van der Waals surface area contributed by atoms with Crippen molar-refractivity contribution in [1.82, 2.24) is 4.31 Å². The molecule has 1 heterocycles. The van der Waals surface area contributed by atoms with E-state index >= 15 is 0 Å². The molecule has 0 unspecified atom stereocenters. The Kier molecular flexibility index (Phi) is 5.71. The molecule has 0 aliphatic carbocycles. The lowest BCUT2D eigenvalue weighted by Gasteiger charge is -2.35. The third kappa shape index (κ3) is 4.50. The molecule has 0 radical (unpaired) electrons. The average Bonchev–Trinajstić information content (AvgIpc) is 2.67. The fraction of sp³-hybridized carbons (Fsp3) is 0.333. The minimum Gasteiger partial charge on any atom is -0.497 e. The van der Waals surface area contributed by atoms with E-state index in [-0.39, 0.29) is 13.1 Å². The first-order valence-corrected chi connectivity index (χ1v) is 9.88. The van der Waals surface area contributed by atoms with E-state index in [1.54, 1.807) is 7.11 Å². The van der Waals surface area contributed by atoms with Crippen LogP contribution in [0.2, 0.25) is 0 Å². The summed E-state index contributed by atoms with van der Waals surface area (Å²) in [5, 5.41) is 0. The maximum Gasteiger partial charge on any atom is 0.573 e. The highest BCUT2D eigenvalue weighted by atomic mass is 32.2.